The van der Waals surface area contributed by atoms with Gasteiger partial charge in [0.15, 0.2) is 0 Å². The van der Waals surface area contributed by atoms with Crippen LogP contribution in [0.1, 0.15) is 178 Å². The third kappa shape index (κ3) is 20.6. The van der Waals surface area contributed by atoms with Gasteiger partial charge in [0.05, 0.1) is 0 Å². The van der Waals surface area contributed by atoms with E-state index in [9.17, 15) is 14.7 Å². The Bertz CT molecular complexity index is 988. The summed E-state index contributed by atoms with van der Waals surface area (Å²) in [6.07, 6.45) is 16.8. The SMILES string of the molecule is CC.CC(C)CCc1ccc(C(C)(C)/C(=C\N(C=O)CCCC(=O)O)C2(C)CC2)cc1O.CCCC(C)CCC(C)C.CCCCC. The number of hydrogen-bond acceptors (Lipinski definition) is 3. The molecule has 0 aliphatic heterocycles. The Kier molecular flexibility index (Phi) is 25.6. The van der Waals surface area contributed by atoms with Crippen molar-refractivity contribution in [1.29, 1.82) is 0 Å². The van der Waals surface area contributed by atoms with Gasteiger partial charge >= 0.3 is 5.97 Å². The third-order valence-electron chi connectivity index (χ3n) is 9.08. The van der Waals surface area contributed by atoms with E-state index < -0.39 is 5.97 Å². The number of aromatic hydroxyl groups is 1. The summed E-state index contributed by atoms with van der Waals surface area (Å²) in [5.41, 5.74) is 2.78. The van der Waals surface area contributed by atoms with Crippen molar-refractivity contribution < 1.29 is 19.8 Å². The lowest BCUT2D eigenvalue weighted by Gasteiger charge is -2.34. The average molecular weight is 660 g/mol. The predicted molar refractivity (Wildman–Crippen MR) is 204 cm³/mol. The first-order chi connectivity index (χ1) is 22.1. The van der Waals surface area contributed by atoms with Gasteiger partial charge in [0.25, 0.3) is 0 Å². The van der Waals surface area contributed by atoms with Gasteiger partial charge in [-0.05, 0) is 78.0 Å². The standard InChI is InChI=1S/C25H37NO4.C10H22.C5H12.C2H6/c1-18(2)8-9-19-10-11-20(15-21(19)28)24(3,4)22(25(5)12-13-25)16-26(17-27)14-6-7-23(29)30;1-5-6-10(4)8-7-9(2)3;1-3-5-4-2;1-2/h10-11,15-18,28H,6-9,12-14H2,1-5H3,(H,29,30);9-10H,5-8H2,1-4H3;3-5H2,1-2H3;1-2H3/b22-16+;;;. The quantitative estimate of drug-likeness (QED) is 0.145. The molecule has 0 heterocycles. The monoisotopic (exact) mass is 660 g/mol. The Balaban J connectivity index is 0. The maximum Gasteiger partial charge on any atom is 0.303 e. The zero-order valence-corrected chi connectivity index (χ0v) is 33.2. The van der Waals surface area contributed by atoms with Crippen LogP contribution in [0.4, 0.5) is 0 Å². The molecule has 1 amide bonds. The van der Waals surface area contributed by atoms with Crippen molar-refractivity contribution in [2.24, 2.45) is 23.2 Å². The van der Waals surface area contributed by atoms with Crippen molar-refractivity contribution in [1.82, 2.24) is 4.90 Å². The number of benzene rings is 1. The number of allylic oxidation sites excluding steroid dienone is 1. The number of nitrogens with zero attached hydrogens (tertiary/aromatic N) is 1. The first-order valence-corrected chi connectivity index (χ1v) is 19.1. The smallest absolute Gasteiger partial charge is 0.303 e. The molecule has 5 nitrogen and oxygen atoms in total. The van der Waals surface area contributed by atoms with Gasteiger partial charge in [0.1, 0.15) is 5.75 Å². The maximum absolute atomic E-state index is 11.6. The van der Waals surface area contributed by atoms with Crippen molar-refractivity contribution in [3.05, 3.63) is 41.1 Å². The van der Waals surface area contributed by atoms with Crippen LogP contribution in [-0.2, 0) is 21.4 Å². The number of aryl methyl sites for hydroxylation is 1. The molecule has 1 unspecified atom stereocenters. The molecule has 0 radical (unpaired) electrons. The van der Waals surface area contributed by atoms with Crippen LogP contribution in [0.5, 0.6) is 5.75 Å². The Morgan fingerprint density at radius 1 is 0.915 bits per heavy atom. The number of carbonyl (C=O) groups is 2. The maximum atomic E-state index is 11.6. The second kappa shape index (κ2) is 25.7. The third-order valence-corrected chi connectivity index (χ3v) is 9.08. The molecule has 0 spiro atoms. The number of carboxylic acids is 1. The van der Waals surface area contributed by atoms with Crippen LogP contribution in [0.25, 0.3) is 0 Å². The van der Waals surface area contributed by atoms with Crippen LogP contribution in [0.3, 0.4) is 0 Å². The number of aliphatic carboxylic acids is 1. The number of rotatable bonds is 19. The Labute approximate surface area is 292 Å². The zero-order chi connectivity index (χ0) is 36.6. The minimum Gasteiger partial charge on any atom is -0.508 e. The van der Waals surface area contributed by atoms with E-state index in [2.05, 4.69) is 82.2 Å². The van der Waals surface area contributed by atoms with Gasteiger partial charge in [-0.3, -0.25) is 9.59 Å². The summed E-state index contributed by atoms with van der Waals surface area (Å²) in [5.74, 6) is 1.90. The molecule has 1 aliphatic rings. The molecule has 274 valence electrons. The number of carbonyl (C=O) groups excluding carboxylic acids is 1. The fourth-order valence-corrected chi connectivity index (χ4v) is 5.63. The highest BCUT2D eigenvalue weighted by Crippen LogP contribution is 2.57. The van der Waals surface area contributed by atoms with E-state index >= 15 is 0 Å². The minimum atomic E-state index is -0.854. The van der Waals surface area contributed by atoms with Gasteiger partial charge in [0, 0.05) is 24.6 Å². The van der Waals surface area contributed by atoms with Crippen molar-refractivity contribution in [2.45, 2.75) is 179 Å². The van der Waals surface area contributed by atoms with Gasteiger partial charge in [-0.2, -0.15) is 0 Å². The van der Waals surface area contributed by atoms with Crippen LogP contribution in [-0.4, -0.2) is 34.0 Å². The van der Waals surface area contributed by atoms with E-state index in [4.69, 9.17) is 5.11 Å². The number of phenolic OH excluding ortho intramolecular Hbond substituents is 1. The molecule has 47 heavy (non-hydrogen) atoms. The van der Waals surface area contributed by atoms with Gasteiger partial charge in [-0.25, -0.2) is 0 Å². The number of phenols is 1. The summed E-state index contributed by atoms with van der Waals surface area (Å²) < 4.78 is 0. The van der Waals surface area contributed by atoms with Crippen molar-refractivity contribution in [3.8, 4) is 5.75 Å². The Hall–Kier alpha value is -2.30. The Morgan fingerprint density at radius 2 is 1.49 bits per heavy atom. The van der Waals surface area contributed by atoms with Crippen LogP contribution >= 0.6 is 0 Å². The summed E-state index contributed by atoms with van der Waals surface area (Å²) in [4.78, 5) is 24.0. The first kappa shape index (κ1) is 46.8. The van der Waals surface area contributed by atoms with Crippen molar-refractivity contribution in [3.63, 3.8) is 0 Å². The summed E-state index contributed by atoms with van der Waals surface area (Å²) in [7, 11) is 0. The van der Waals surface area contributed by atoms with Crippen molar-refractivity contribution >= 4 is 12.4 Å². The molecule has 1 aromatic carbocycles. The number of amides is 1. The Morgan fingerprint density at radius 3 is 1.89 bits per heavy atom. The molecular formula is C42H77NO4. The lowest BCUT2D eigenvalue weighted by Crippen LogP contribution is -2.29. The topological polar surface area (TPSA) is 77.8 Å². The largest absolute Gasteiger partial charge is 0.508 e. The highest BCUT2D eigenvalue weighted by molar-refractivity contribution is 5.66. The van der Waals surface area contributed by atoms with Crippen molar-refractivity contribution in [2.75, 3.05) is 6.54 Å². The normalized spacial score (nSPS) is 14.1. The van der Waals surface area contributed by atoms with E-state index in [1.807, 2.05) is 32.2 Å². The number of hydrogen-bond donors (Lipinski definition) is 2. The van der Waals surface area contributed by atoms with Crippen LogP contribution in [0.15, 0.2) is 30.0 Å². The minimum absolute atomic E-state index is 0.0174. The molecule has 2 N–H and O–H groups in total. The van der Waals surface area contributed by atoms with E-state index in [1.165, 1.54) is 44.9 Å². The van der Waals surface area contributed by atoms with Crippen LogP contribution < -0.4 is 0 Å². The predicted octanol–water partition coefficient (Wildman–Crippen LogP) is 12.3. The summed E-state index contributed by atoms with van der Waals surface area (Å²) in [5, 5.41) is 19.5. The highest BCUT2D eigenvalue weighted by atomic mass is 16.4. The van der Waals surface area contributed by atoms with Gasteiger partial charge in [0.2, 0.25) is 6.41 Å². The lowest BCUT2D eigenvalue weighted by molar-refractivity contribution is -0.137. The fraction of sp³-hybridized carbons (Fsp3) is 0.762. The second-order valence-corrected chi connectivity index (χ2v) is 15.1. The van der Waals surface area contributed by atoms with Crippen LogP contribution in [0.2, 0.25) is 0 Å². The molecule has 0 bridgehead atoms. The summed E-state index contributed by atoms with van der Waals surface area (Å²) >= 11 is 0. The zero-order valence-electron chi connectivity index (χ0n) is 33.2. The summed E-state index contributed by atoms with van der Waals surface area (Å²) in [6.45, 7) is 28.9. The molecule has 1 aromatic rings. The molecule has 0 saturated heterocycles. The molecular weight excluding hydrogens is 582 g/mol. The van der Waals surface area contributed by atoms with E-state index in [1.54, 1.807) is 4.90 Å². The fourth-order valence-electron chi connectivity index (χ4n) is 5.63. The molecule has 5 heteroatoms. The molecule has 1 atom stereocenters. The highest BCUT2D eigenvalue weighted by Gasteiger charge is 2.47. The average Bonchev–Trinajstić information content (AvgIpc) is 3.76. The van der Waals surface area contributed by atoms with E-state index in [0.29, 0.717) is 24.6 Å². The molecule has 1 fully saturated rings. The first-order valence-electron chi connectivity index (χ1n) is 19.1. The molecule has 1 aliphatic carbocycles. The molecule has 2 rings (SSSR count). The van der Waals surface area contributed by atoms with E-state index in [-0.39, 0.29) is 17.3 Å². The summed E-state index contributed by atoms with van der Waals surface area (Å²) in [6, 6.07) is 5.97. The van der Waals surface area contributed by atoms with Gasteiger partial charge in [-0.15, -0.1) is 0 Å². The lowest BCUT2D eigenvalue weighted by atomic mass is 9.71. The number of unbranched alkanes of at least 4 members (excludes halogenated alkanes) is 2. The van der Waals surface area contributed by atoms with Gasteiger partial charge in [-0.1, -0.05) is 147 Å². The number of carboxylic acid groups (broad SMARTS) is 1. The molecule has 0 aromatic heterocycles. The second-order valence-electron chi connectivity index (χ2n) is 15.1. The molecule has 1 saturated carbocycles. The van der Waals surface area contributed by atoms with Gasteiger partial charge < -0.3 is 15.1 Å². The van der Waals surface area contributed by atoms with E-state index in [0.717, 1.165) is 60.6 Å². The van der Waals surface area contributed by atoms with Crippen LogP contribution in [0, 0.1) is 23.2 Å².